The van der Waals surface area contributed by atoms with Crippen molar-refractivity contribution in [3.05, 3.63) is 48.6 Å². The van der Waals surface area contributed by atoms with Gasteiger partial charge in [-0.1, -0.05) is 36.4 Å². The SMILES string of the molecule is C=CCNC(=O)[C@H]1C[C@H]1c1ccccc1. The van der Waals surface area contributed by atoms with Gasteiger partial charge in [0.2, 0.25) is 5.91 Å². The number of rotatable bonds is 4. The summed E-state index contributed by atoms with van der Waals surface area (Å²) >= 11 is 0. The predicted octanol–water partition coefficient (Wildman–Crippen LogP) is 2.09. The first-order valence-electron chi connectivity index (χ1n) is 5.26. The molecule has 15 heavy (non-hydrogen) atoms. The normalized spacial score (nSPS) is 23.2. The summed E-state index contributed by atoms with van der Waals surface area (Å²) in [6, 6.07) is 10.2. The number of nitrogens with one attached hydrogen (secondary N) is 1. The van der Waals surface area contributed by atoms with Gasteiger partial charge in [0.05, 0.1) is 0 Å². The number of hydrogen-bond donors (Lipinski definition) is 1. The van der Waals surface area contributed by atoms with Gasteiger partial charge >= 0.3 is 0 Å². The molecule has 1 N–H and O–H groups in total. The number of carbonyl (C=O) groups is 1. The van der Waals surface area contributed by atoms with E-state index in [2.05, 4.69) is 24.0 Å². The quantitative estimate of drug-likeness (QED) is 0.742. The lowest BCUT2D eigenvalue weighted by Gasteiger charge is -2.01. The van der Waals surface area contributed by atoms with Crippen molar-refractivity contribution >= 4 is 5.91 Å². The zero-order valence-electron chi connectivity index (χ0n) is 8.65. The minimum Gasteiger partial charge on any atom is -0.352 e. The van der Waals surface area contributed by atoms with E-state index in [9.17, 15) is 4.79 Å². The van der Waals surface area contributed by atoms with Crippen LogP contribution in [0.3, 0.4) is 0 Å². The highest BCUT2D eigenvalue weighted by molar-refractivity contribution is 5.82. The first-order valence-corrected chi connectivity index (χ1v) is 5.26. The van der Waals surface area contributed by atoms with Crippen LogP contribution in [-0.4, -0.2) is 12.5 Å². The Morgan fingerprint density at radius 3 is 2.87 bits per heavy atom. The van der Waals surface area contributed by atoms with Crippen LogP contribution in [-0.2, 0) is 4.79 Å². The Balaban J connectivity index is 1.91. The molecule has 2 rings (SSSR count). The van der Waals surface area contributed by atoms with Gasteiger partial charge in [0.15, 0.2) is 0 Å². The van der Waals surface area contributed by atoms with Crippen molar-refractivity contribution in [3.63, 3.8) is 0 Å². The van der Waals surface area contributed by atoms with Crippen LogP contribution in [0.5, 0.6) is 0 Å². The molecule has 0 spiro atoms. The van der Waals surface area contributed by atoms with Gasteiger partial charge in [0.1, 0.15) is 0 Å². The second-order valence-corrected chi connectivity index (χ2v) is 3.89. The van der Waals surface area contributed by atoms with Crippen LogP contribution < -0.4 is 5.32 Å². The molecule has 0 unspecified atom stereocenters. The molecule has 2 nitrogen and oxygen atoms in total. The van der Waals surface area contributed by atoms with E-state index in [1.54, 1.807) is 6.08 Å². The average Bonchev–Trinajstić information content (AvgIpc) is 3.07. The molecule has 0 saturated heterocycles. The van der Waals surface area contributed by atoms with Crippen molar-refractivity contribution in [2.24, 2.45) is 5.92 Å². The topological polar surface area (TPSA) is 29.1 Å². The van der Waals surface area contributed by atoms with Gasteiger partial charge < -0.3 is 5.32 Å². The van der Waals surface area contributed by atoms with Crippen LogP contribution in [0.15, 0.2) is 43.0 Å². The van der Waals surface area contributed by atoms with Gasteiger partial charge in [-0.15, -0.1) is 6.58 Å². The van der Waals surface area contributed by atoms with Crippen LogP contribution in [0.1, 0.15) is 17.9 Å². The Kier molecular flexibility index (Phi) is 2.86. The van der Waals surface area contributed by atoms with Crippen LogP contribution in [0.25, 0.3) is 0 Å². The van der Waals surface area contributed by atoms with Crippen LogP contribution >= 0.6 is 0 Å². The van der Waals surface area contributed by atoms with E-state index < -0.39 is 0 Å². The number of amides is 1. The molecular weight excluding hydrogens is 186 g/mol. The van der Waals surface area contributed by atoms with E-state index in [-0.39, 0.29) is 11.8 Å². The molecule has 0 radical (unpaired) electrons. The summed E-state index contributed by atoms with van der Waals surface area (Å²) in [6.07, 6.45) is 2.69. The minimum absolute atomic E-state index is 0.156. The highest BCUT2D eigenvalue weighted by Gasteiger charge is 2.43. The maximum atomic E-state index is 11.6. The van der Waals surface area contributed by atoms with Crippen LogP contribution in [0.4, 0.5) is 0 Å². The second kappa shape index (κ2) is 4.30. The second-order valence-electron chi connectivity index (χ2n) is 3.89. The first-order chi connectivity index (χ1) is 7.33. The molecule has 0 bridgehead atoms. The molecule has 1 saturated carbocycles. The van der Waals surface area contributed by atoms with Crippen molar-refractivity contribution in [2.75, 3.05) is 6.54 Å². The van der Waals surface area contributed by atoms with Gasteiger partial charge in [-0.3, -0.25) is 4.79 Å². The molecule has 2 atom stereocenters. The summed E-state index contributed by atoms with van der Waals surface area (Å²) in [5, 5.41) is 2.84. The summed E-state index contributed by atoms with van der Waals surface area (Å²) in [6.45, 7) is 4.14. The van der Waals surface area contributed by atoms with Crippen molar-refractivity contribution in [2.45, 2.75) is 12.3 Å². The van der Waals surface area contributed by atoms with Crippen molar-refractivity contribution in [1.29, 1.82) is 0 Å². The Bertz CT molecular complexity index is 358. The maximum Gasteiger partial charge on any atom is 0.223 e. The molecule has 0 aliphatic heterocycles. The van der Waals surface area contributed by atoms with Crippen LogP contribution in [0.2, 0.25) is 0 Å². The Morgan fingerprint density at radius 1 is 1.47 bits per heavy atom. The number of hydrogen-bond acceptors (Lipinski definition) is 1. The fourth-order valence-corrected chi connectivity index (χ4v) is 1.86. The molecule has 1 aliphatic carbocycles. The van der Waals surface area contributed by atoms with Gasteiger partial charge in [0.25, 0.3) is 0 Å². The molecule has 78 valence electrons. The van der Waals surface area contributed by atoms with Gasteiger partial charge in [-0.05, 0) is 17.9 Å². The Hall–Kier alpha value is -1.57. The lowest BCUT2D eigenvalue weighted by atomic mass is 10.1. The van der Waals surface area contributed by atoms with E-state index in [1.807, 2.05) is 18.2 Å². The van der Waals surface area contributed by atoms with E-state index in [0.717, 1.165) is 6.42 Å². The monoisotopic (exact) mass is 201 g/mol. The third-order valence-corrected chi connectivity index (χ3v) is 2.78. The van der Waals surface area contributed by atoms with Crippen LogP contribution in [0, 0.1) is 5.92 Å². The molecule has 1 aliphatic rings. The minimum atomic E-state index is 0.156. The summed E-state index contributed by atoms with van der Waals surface area (Å²) in [4.78, 5) is 11.6. The van der Waals surface area contributed by atoms with Gasteiger partial charge in [-0.25, -0.2) is 0 Å². The number of benzene rings is 1. The fraction of sp³-hybridized carbons (Fsp3) is 0.308. The smallest absolute Gasteiger partial charge is 0.223 e. The summed E-state index contributed by atoms with van der Waals surface area (Å²) in [7, 11) is 0. The highest BCUT2D eigenvalue weighted by Crippen LogP contribution is 2.47. The van der Waals surface area contributed by atoms with Gasteiger partial charge in [-0.2, -0.15) is 0 Å². The molecule has 1 aromatic carbocycles. The average molecular weight is 201 g/mol. The summed E-state index contributed by atoms with van der Waals surface area (Å²) < 4.78 is 0. The standard InChI is InChI=1S/C13H15NO/c1-2-8-14-13(15)12-9-11(12)10-6-4-3-5-7-10/h2-7,11-12H,1,8-9H2,(H,14,15)/t11-,12-/m0/s1. The molecule has 0 heterocycles. The van der Waals surface area contributed by atoms with Gasteiger partial charge in [0, 0.05) is 12.5 Å². The molecule has 1 amide bonds. The third kappa shape index (κ3) is 2.27. The summed E-state index contributed by atoms with van der Waals surface area (Å²) in [5.41, 5.74) is 1.27. The summed E-state index contributed by atoms with van der Waals surface area (Å²) in [5.74, 6) is 0.757. The first kappa shape index (κ1) is 9.97. The fourth-order valence-electron chi connectivity index (χ4n) is 1.86. The van der Waals surface area contributed by atoms with Crippen molar-refractivity contribution in [3.8, 4) is 0 Å². The predicted molar refractivity (Wildman–Crippen MR) is 60.5 cm³/mol. The molecule has 2 heteroatoms. The van der Waals surface area contributed by atoms with Crippen molar-refractivity contribution in [1.82, 2.24) is 5.32 Å². The highest BCUT2D eigenvalue weighted by atomic mass is 16.2. The molecule has 1 aromatic rings. The van der Waals surface area contributed by atoms with E-state index in [1.165, 1.54) is 5.56 Å². The maximum absolute atomic E-state index is 11.6. The molecule has 0 aromatic heterocycles. The van der Waals surface area contributed by atoms with E-state index in [0.29, 0.717) is 12.5 Å². The zero-order valence-corrected chi connectivity index (χ0v) is 8.65. The molecular formula is C13H15NO. The third-order valence-electron chi connectivity index (χ3n) is 2.78. The van der Waals surface area contributed by atoms with E-state index >= 15 is 0 Å². The van der Waals surface area contributed by atoms with Crippen molar-refractivity contribution < 1.29 is 4.79 Å². The zero-order chi connectivity index (χ0) is 10.7. The Morgan fingerprint density at radius 2 is 2.20 bits per heavy atom. The lowest BCUT2D eigenvalue weighted by Crippen LogP contribution is -2.25. The lowest BCUT2D eigenvalue weighted by molar-refractivity contribution is -0.122. The largest absolute Gasteiger partial charge is 0.352 e. The molecule has 1 fully saturated rings. The number of carbonyl (C=O) groups excluding carboxylic acids is 1. The Labute approximate surface area is 90.0 Å². The van der Waals surface area contributed by atoms with E-state index in [4.69, 9.17) is 0 Å².